The number of ether oxygens (including phenoxy) is 1. The summed E-state index contributed by atoms with van der Waals surface area (Å²) in [5, 5.41) is 11.1. The van der Waals surface area contributed by atoms with Crippen molar-refractivity contribution in [2.45, 2.75) is 51.0 Å². The number of hydroxylamine groups is 1. The Balaban J connectivity index is 2.32. The average molecular weight is 351 g/mol. The molecule has 1 aromatic heterocycles. The van der Waals surface area contributed by atoms with Crippen molar-refractivity contribution in [3.05, 3.63) is 30.1 Å². The second-order valence-electron chi connectivity index (χ2n) is 5.62. The third-order valence-electron chi connectivity index (χ3n) is 3.64. The van der Waals surface area contributed by atoms with Gasteiger partial charge in [-0.25, -0.2) is 10.3 Å². The summed E-state index contributed by atoms with van der Waals surface area (Å²) in [5.41, 5.74) is 2.27. The lowest BCUT2D eigenvalue weighted by Crippen LogP contribution is -2.43. The molecule has 1 heterocycles. The Labute approximate surface area is 146 Å². The normalized spacial score (nSPS) is 11.4. The van der Waals surface area contributed by atoms with Crippen molar-refractivity contribution < 1.29 is 24.3 Å². The number of pyridine rings is 1. The fourth-order valence-electron chi connectivity index (χ4n) is 2.31. The van der Waals surface area contributed by atoms with Crippen molar-refractivity contribution in [2.75, 3.05) is 7.11 Å². The van der Waals surface area contributed by atoms with Crippen LogP contribution in [0, 0.1) is 0 Å². The van der Waals surface area contributed by atoms with Gasteiger partial charge in [-0.15, -0.1) is 0 Å². The number of aromatic nitrogens is 1. The minimum Gasteiger partial charge on any atom is -0.467 e. The molecule has 0 aliphatic carbocycles. The number of carbonyl (C=O) groups excluding carboxylic acids is 3. The van der Waals surface area contributed by atoms with Crippen LogP contribution in [0.5, 0.6) is 0 Å². The predicted molar refractivity (Wildman–Crippen MR) is 89.5 cm³/mol. The van der Waals surface area contributed by atoms with Crippen molar-refractivity contribution in [3.63, 3.8) is 0 Å². The molecule has 138 valence electrons. The number of unbranched alkanes of at least 4 members (excludes halogenated alkanes) is 3. The first-order chi connectivity index (χ1) is 12.1. The number of nitrogens with zero attached hydrogens (tertiary/aromatic N) is 1. The number of amides is 2. The monoisotopic (exact) mass is 351 g/mol. The highest BCUT2D eigenvalue weighted by Gasteiger charge is 2.22. The minimum absolute atomic E-state index is 0.223. The molecule has 0 radical (unpaired) electrons. The number of hydrogen-bond donors (Lipinski definition) is 3. The number of hydrogen-bond acceptors (Lipinski definition) is 6. The van der Waals surface area contributed by atoms with Gasteiger partial charge in [-0.2, -0.15) is 0 Å². The number of carbonyl (C=O) groups is 3. The molecule has 1 aromatic rings. The van der Waals surface area contributed by atoms with Gasteiger partial charge < -0.3 is 10.1 Å². The van der Waals surface area contributed by atoms with Gasteiger partial charge in [-0.05, 0) is 25.0 Å². The lowest BCUT2D eigenvalue weighted by Gasteiger charge is -2.16. The molecule has 0 bridgehead atoms. The van der Waals surface area contributed by atoms with E-state index in [2.05, 4.69) is 10.3 Å². The summed E-state index contributed by atoms with van der Waals surface area (Å²) in [7, 11) is 1.28. The molecule has 1 atom stereocenters. The number of methoxy groups -OCH3 is 1. The number of nitrogens with one attached hydrogen (secondary N) is 2. The zero-order valence-corrected chi connectivity index (χ0v) is 14.4. The van der Waals surface area contributed by atoms with E-state index in [1.807, 2.05) is 6.07 Å². The molecule has 3 N–H and O–H groups in total. The second kappa shape index (κ2) is 12.0. The number of esters is 1. The highest BCUT2D eigenvalue weighted by atomic mass is 16.5. The smallest absolute Gasteiger partial charge is 0.328 e. The van der Waals surface area contributed by atoms with Crippen LogP contribution in [-0.2, 0) is 25.5 Å². The van der Waals surface area contributed by atoms with E-state index >= 15 is 0 Å². The molecule has 0 spiro atoms. The molecule has 8 heteroatoms. The zero-order valence-electron chi connectivity index (χ0n) is 14.4. The predicted octanol–water partition coefficient (Wildman–Crippen LogP) is 1.13. The van der Waals surface area contributed by atoms with Crippen LogP contribution in [0.25, 0.3) is 0 Å². The van der Waals surface area contributed by atoms with Gasteiger partial charge in [0.05, 0.1) is 7.11 Å². The molecule has 0 unspecified atom stereocenters. The Bertz CT molecular complexity index is 550. The summed E-state index contributed by atoms with van der Waals surface area (Å²) < 4.78 is 4.74. The third-order valence-corrected chi connectivity index (χ3v) is 3.64. The highest BCUT2D eigenvalue weighted by molar-refractivity contribution is 5.84. The van der Waals surface area contributed by atoms with E-state index in [4.69, 9.17) is 9.94 Å². The first-order valence-corrected chi connectivity index (χ1v) is 8.27. The summed E-state index contributed by atoms with van der Waals surface area (Å²) in [4.78, 5) is 38.8. The van der Waals surface area contributed by atoms with Gasteiger partial charge in [-0.3, -0.25) is 19.8 Å². The van der Waals surface area contributed by atoms with Crippen LogP contribution >= 0.6 is 0 Å². The van der Waals surface area contributed by atoms with Crippen LogP contribution < -0.4 is 10.8 Å². The van der Waals surface area contributed by atoms with E-state index in [1.54, 1.807) is 23.8 Å². The van der Waals surface area contributed by atoms with Crippen LogP contribution in [0.4, 0.5) is 0 Å². The van der Waals surface area contributed by atoms with Gasteiger partial charge in [0.1, 0.15) is 6.04 Å². The Hall–Kier alpha value is -2.48. The Kier molecular flexibility index (Phi) is 9.84. The molecule has 0 aromatic carbocycles. The van der Waals surface area contributed by atoms with Crippen molar-refractivity contribution in [1.29, 1.82) is 0 Å². The molecule has 0 saturated carbocycles. The first-order valence-electron chi connectivity index (χ1n) is 8.27. The molecular formula is C17H25N3O5. The summed E-state index contributed by atoms with van der Waals surface area (Å²) in [6, 6.07) is 4.61. The van der Waals surface area contributed by atoms with Crippen molar-refractivity contribution in [3.8, 4) is 0 Å². The van der Waals surface area contributed by atoms with E-state index < -0.39 is 17.9 Å². The average Bonchev–Trinajstić information content (AvgIpc) is 2.63. The van der Waals surface area contributed by atoms with Gasteiger partial charge in [-0.1, -0.05) is 18.9 Å². The lowest BCUT2D eigenvalue weighted by atomic mass is 10.1. The van der Waals surface area contributed by atoms with Crippen molar-refractivity contribution >= 4 is 17.8 Å². The molecule has 8 nitrogen and oxygen atoms in total. The summed E-state index contributed by atoms with van der Waals surface area (Å²) >= 11 is 0. The molecule has 2 amide bonds. The fourth-order valence-corrected chi connectivity index (χ4v) is 2.31. The molecule has 1 rings (SSSR count). The Morgan fingerprint density at radius 2 is 1.80 bits per heavy atom. The SMILES string of the molecule is COC(=O)[C@H](Cc1ccccn1)NC(=O)CCCCCCC(=O)NO. The van der Waals surface area contributed by atoms with E-state index in [0.29, 0.717) is 25.0 Å². The second-order valence-corrected chi connectivity index (χ2v) is 5.62. The molecular weight excluding hydrogens is 326 g/mol. The van der Waals surface area contributed by atoms with Crippen LogP contribution in [0.2, 0.25) is 0 Å². The van der Waals surface area contributed by atoms with Crippen molar-refractivity contribution in [2.24, 2.45) is 0 Å². The van der Waals surface area contributed by atoms with Crippen molar-refractivity contribution in [1.82, 2.24) is 15.8 Å². The van der Waals surface area contributed by atoms with Crippen LogP contribution in [-0.4, -0.2) is 41.1 Å². The van der Waals surface area contributed by atoms with Crippen LogP contribution in [0.15, 0.2) is 24.4 Å². The topological polar surface area (TPSA) is 118 Å². The third kappa shape index (κ3) is 8.80. The first kappa shape index (κ1) is 20.6. The van der Waals surface area contributed by atoms with Gasteiger partial charge in [0.2, 0.25) is 11.8 Å². The van der Waals surface area contributed by atoms with Gasteiger partial charge >= 0.3 is 5.97 Å². The maximum Gasteiger partial charge on any atom is 0.328 e. The quantitative estimate of drug-likeness (QED) is 0.238. The van der Waals surface area contributed by atoms with Crippen LogP contribution in [0.3, 0.4) is 0 Å². The maximum absolute atomic E-state index is 12.0. The number of rotatable bonds is 11. The largest absolute Gasteiger partial charge is 0.467 e. The van der Waals surface area contributed by atoms with E-state index in [9.17, 15) is 14.4 Å². The minimum atomic E-state index is -0.763. The fraction of sp³-hybridized carbons (Fsp3) is 0.529. The highest BCUT2D eigenvalue weighted by Crippen LogP contribution is 2.07. The molecule has 25 heavy (non-hydrogen) atoms. The van der Waals surface area contributed by atoms with Gasteiger partial charge in [0.25, 0.3) is 0 Å². The maximum atomic E-state index is 12.0. The summed E-state index contributed by atoms with van der Waals surface area (Å²) in [6.07, 6.45) is 5.34. The van der Waals surface area contributed by atoms with Gasteiger partial charge in [0.15, 0.2) is 0 Å². The lowest BCUT2D eigenvalue weighted by molar-refractivity contribution is -0.145. The van der Waals surface area contributed by atoms with Gasteiger partial charge in [0, 0.05) is 31.2 Å². The van der Waals surface area contributed by atoms with E-state index in [1.165, 1.54) is 7.11 Å². The summed E-state index contributed by atoms with van der Waals surface area (Å²) in [5.74, 6) is -1.14. The standard InChI is InChI=1S/C17H25N3O5/c1-25-17(23)14(12-13-8-6-7-11-18-13)19-15(21)9-4-2-3-5-10-16(22)20-24/h6-8,11,14,24H,2-5,9-10,12H2,1H3,(H,19,21)(H,20,22)/t14-/m0/s1. The molecule has 0 saturated heterocycles. The zero-order chi connectivity index (χ0) is 18.5. The van der Waals surface area contributed by atoms with Crippen LogP contribution in [0.1, 0.15) is 44.2 Å². The Morgan fingerprint density at radius 1 is 1.12 bits per heavy atom. The Morgan fingerprint density at radius 3 is 2.36 bits per heavy atom. The van der Waals surface area contributed by atoms with E-state index in [-0.39, 0.29) is 18.7 Å². The summed E-state index contributed by atoms with van der Waals surface area (Å²) in [6.45, 7) is 0. The van der Waals surface area contributed by atoms with E-state index in [0.717, 1.165) is 12.8 Å². The molecule has 0 aliphatic rings. The molecule has 0 aliphatic heterocycles. The molecule has 0 fully saturated rings.